The number of rotatable bonds is 5. The van der Waals surface area contributed by atoms with E-state index < -0.39 is 0 Å². The van der Waals surface area contributed by atoms with Crippen LogP contribution in [0.5, 0.6) is 5.75 Å². The van der Waals surface area contributed by atoms with Crippen molar-refractivity contribution in [3.05, 3.63) is 94.9 Å². The van der Waals surface area contributed by atoms with Gasteiger partial charge in [0, 0.05) is 53.2 Å². The number of nitrogens with one attached hydrogen (secondary N) is 3. The lowest BCUT2D eigenvalue weighted by atomic mass is 9.95. The molecule has 6 nitrogen and oxygen atoms in total. The fraction of sp³-hybridized carbons (Fsp3) is 0.130. The highest BCUT2D eigenvalue weighted by Crippen LogP contribution is 2.38. The van der Waals surface area contributed by atoms with E-state index in [-0.39, 0.29) is 17.7 Å². The molecule has 4 aromatic rings. The summed E-state index contributed by atoms with van der Waals surface area (Å²) in [5.74, 6) is 0.0332. The fourth-order valence-electron chi connectivity index (χ4n) is 4.03. The quantitative estimate of drug-likeness (QED) is 0.425. The van der Waals surface area contributed by atoms with Crippen LogP contribution in [0, 0.1) is 0 Å². The molecule has 0 saturated carbocycles. The summed E-state index contributed by atoms with van der Waals surface area (Å²) >= 11 is 0. The molecule has 6 heteroatoms. The van der Waals surface area contributed by atoms with Crippen molar-refractivity contribution in [2.24, 2.45) is 0 Å². The zero-order chi connectivity index (χ0) is 19.8. The summed E-state index contributed by atoms with van der Waals surface area (Å²) in [6.07, 6.45) is 3.60. The average molecular weight is 384 g/mol. The summed E-state index contributed by atoms with van der Waals surface area (Å²) in [7, 11) is 0. The predicted octanol–water partition coefficient (Wildman–Crippen LogP) is 3.39. The van der Waals surface area contributed by atoms with Gasteiger partial charge in [-0.15, -0.1) is 0 Å². The van der Waals surface area contributed by atoms with Crippen LogP contribution in [0.3, 0.4) is 0 Å². The molecule has 0 saturated heterocycles. The molecule has 0 spiro atoms. The van der Waals surface area contributed by atoms with Crippen molar-refractivity contribution >= 4 is 16.8 Å². The van der Waals surface area contributed by atoms with Crippen molar-refractivity contribution in [2.45, 2.75) is 19.1 Å². The monoisotopic (exact) mass is 384 g/mol. The van der Waals surface area contributed by atoms with E-state index in [1.54, 1.807) is 24.4 Å². The maximum Gasteiger partial charge on any atom is 0.252 e. The topological polar surface area (TPSA) is 90.0 Å². The van der Waals surface area contributed by atoms with Gasteiger partial charge in [0.05, 0.1) is 6.04 Å². The van der Waals surface area contributed by atoms with Crippen LogP contribution in [-0.4, -0.2) is 21.0 Å². The summed E-state index contributed by atoms with van der Waals surface area (Å²) in [6.45, 7) is 1.30. The molecule has 2 aromatic carbocycles. The number of aromatic nitrogens is 2. The van der Waals surface area contributed by atoms with Crippen molar-refractivity contribution in [2.75, 3.05) is 0 Å². The number of amides is 1. The van der Waals surface area contributed by atoms with E-state index in [1.807, 2.05) is 36.5 Å². The summed E-state index contributed by atoms with van der Waals surface area (Å²) in [6, 6.07) is 16.6. The number of H-pyrrole nitrogens is 1. The zero-order valence-electron chi connectivity index (χ0n) is 15.6. The van der Waals surface area contributed by atoms with Gasteiger partial charge in [0.2, 0.25) is 0 Å². The SMILES string of the molecule is O=C1NC(c2c(CNCc3cccnc3)[nH]c3ccccc23)c2cc(O)ccc21. The Balaban J connectivity index is 1.53. The number of fused-ring (bicyclic) bond motifs is 2. The van der Waals surface area contributed by atoms with Gasteiger partial charge in [-0.05, 0) is 41.5 Å². The Morgan fingerprint density at radius 2 is 1.97 bits per heavy atom. The van der Waals surface area contributed by atoms with E-state index in [1.165, 1.54) is 0 Å². The molecule has 2 aromatic heterocycles. The molecular formula is C23H20N4O2. The average Bonchev–Trinajstić information content (AvgIpc) is 3.25. The molecule has 4 N–H and O–H groups in total. The number of carbonyl (C=O) groups is 1. The van der Waals surface area contributed by atoms with Crippen LogP contribution in [-0.2, 0) is 13.1 Å². The number of para-hydroxylation sites is 1. The second-order valence-corrected chi connectivity index (χ2v) is 7.21. The first kappa shape index (κ1) is 17.5. The maximum absolute atomic E-state index is 12.5. The number of aromatic hydroxyl groups is 1. The van der Waals surface area contributed by atoms with Crippen molar-refractivity contribution < 1.29 is 9.90 Å². The first-order valence-electron chi connectivity index (χ1n) is 9.53. The Bertz CT molecular complexity index is 1200. The number of hydrogen-bond donors (Lipinski definition) is 4. The molecule has 1 aliphatic heterocycles. The van der Waals surface area contributed by atoms with Gasteiger partial charge < -0.3 is 20.7 Å². The fourth-order valence-corrected chi connectivity index (χ4v) is 4.03. The molecule has 144 valence electrons. The summed E-state index contributed by atoms with van der Waals surface area (Å²) in [5.41, 5.74) is 5.56. The minimum absolute atomic E-state index is 0.121. The molecule has 1 amide bonds. The Hall–Kier alpha value is -3.64. The molecule has 0 bridgehead atoms. The third kappa shape index (κ3) is 3.13. The highest BCUT2D eigenvalue weighted by molar-refractivity contribution is 6.01. The van der Waals surface area contributed by atoms with Crippen LogP contribution in [0.2, 0.25) is 0 Å². The number of hydrogen-bond acceptors (Lipinski definition) is 4. The van der Waals surface area contributed by atoms with Gasteiger partial charge in [-0.3, -0.25) is 9.78 Å². The number of benzene rings is 2. The number of phenols is 1. The molecule has 29 heavy (non-hydrogen) atoms. The van der Waals surface area contributed by atoms with Crippen LogP contribution in [0.1, 0.15) is 38.8 Å². The van der Waals surface area contributed by atoms with Gasteiger partial charge in [-0.1, -0.05) is 24.3 Å². The smallest absolute Gasteiger partial charge is 0.252 e. The molecular weight excluding hydrogens is 364 g/mol. The van der Waals surface area contributed by atoms with E-state index in [2.05, 4.69) is 26.7 Å². The van der Waals surface area contributed by atoms with Crippen molar-refractivity contribution in [3.8, 4) is 5.75 Å². The van der Waals surface area contributed by atoms with E-state index in [4.69, 9.17) is 0 Å². The van der Waals surface area contributed by atoms with E-state index in [0.717, 1.165) is 33.3 Å². The van der Waals surface area contributed by atoms with Gasteiger partial charge in [-0.25, -0.2) is 0 Å². The zero-order valence-corrected chi connectivity index (χ0v) is 15.6. The second kappa shape index (κ2) is 7.07. The van der Waals surface area contributed by atoms with E-state index in [9.17, 15) is 9.90 Å². The number of aromatic amines is 1. The molecule has 3 heterocycles. The van der Waals surface area contributed by atoms with Crippen LogP contribution in [0.25, 0.3) is 10.9 Å². The largest absolute Gasteiger partial charge is 0.508 e. The summed E-state index contributed by atoms with van der Waals surface area (Å²) in [4.78, 5) is 20.1. The number of carbonyl (C=O) groups excluding carboxylic acids is 1. The van der Waals surface area contributed by atoms with Crippen LogP contribution < -0.4 is 10.6 Å². The molecule has 0 radical (unpaired) electrons. The lowest BCUT2D eigenvalue weighted by molar-refractivity contribution is 0.0960. The van der Waals surface area contributed by atoms with Gasteiger partial charge in [0.25, 0.3) is 5.91 Å². The molecule has 1 atom stereocenters. The first-order valence-corrected chi connectivity index (χ1v) is 9.53. The minimum atomic E-state index is -0.309. The van der Waals surface area contributed by atoms with Crippen molar-refractivity contribution in [1.29, 1.82) is 0 Å². The first-order chi connectivity index (χ1) is 14.2. The van der Waals surface area contributed by atoms with Crippen molar-refractivity contribution in [3.63, 3.8) is 0 Å². The van der Waals surface area contributed by atoms with Gasteiger partial charge in [0.1, 0.15) is 5.75 Å². The number of pyridine rings is 1. The highest BCUT2D eigenvalue weighted by Gasteiger charge is 2.33. The van der Waals surface area contributed by atoms with Crippen LogP contribution >= 0.6 is 0 Å². The molecule has 0 aliphatic carbocycles. The Morgan fingerprint density at radius 3 is 2.83 bits per heavy atom. The molecule has 1 unspecified atom stereocenters. The molecule has 5 rings (SSSR count). The molecule has 0 fully saturated rings. The van der Waals surface area contributed by atoms with E-state index >= 15 is 0 Å². The normalized spacial score (nSPS) is 15.4. The lowest BCUT2D eigenvalue weighted by Crippen LogP contribution is -2.22. The third-order valence-electron chi connectivity index (χ3n) is 5.34. The predicted molar refractivity (Wildman–Crippen MR) is 110 cm³/mol. The Morgan fingerprint density at radius 1 is 1.07 bits per heavy atom. The standard InChI is InChI=1S/C23H20N4O2/c28-15-7-8-16-18(10-15)22(27-23(16)29)21-17-5-1-2-6-19(17)26-20(21)13-25-12-14-4-3-9-24-11-14/h1-11,22,25-26,28H,12-13H2,(H,27,29). The molecule has 1 aliphatic rings. The summed E-state index contributed by atoms with van der Waals surface area (Å²) in [5, 5.41) is 17.6. The van der Waals surface area contributed by atoms with E-state index in [0.29, 0.717) is 18.7 Å². The Kier molecular flexibility index (Phi) is 4.26. The van der Waals surface area contributed by atoms with Gasteiger partial charge in [-0.2, -0.15) is 0 Å². The Labute approximate surface area is 167 Å². The van der Waals surface area contributed by atoms with Crippen LogP contribution in [0.15, 0.2) is 67.0 Å². The van der Waals surface area contributed by atoms with Crippen molar-refractivity contribution in [1.82, 2.24) is 20.6 Å². The number of nitrogens with zero attached hydrogens (tertiary/aromatic N) is 1. The highest BCUT2D eigenvalue weighted by atomic mass is 16.3. The second-order valence-electron chi connectivity index (χ2n) is 7.21. The minimum Gasteiger partial charge on any atom is -0.508 e. The third-order valence-corrected chi connectivity index (χ3v) is 5.34. The van der Waals surface area contributed by atoms with Gasteiger partial charge >= 0.3 is 0 Å². The number of phenolic OH excluding ortho intramolecular Hbond substituents is 1. The van der Waals surface area contributed by atoms with Crippen LogP contribution in [0.4, 0.5) is 0 Å². The maximum atomic E-state index is 12.5. The van der Waals surface area contributed by atoms with Gasteiger partial charge in [0.15, 0.2) is 0 Å². The lowest BCUT2D eigenvalue weighted by Gasteiger charge is -2.15. The summed E-state index contributed by atoms with van der Waals surface area (Å²) < 4.78 is 0.